The lowest BCUT2D eigenvalue weighted by atomic mass is 9.91. The van der Waals surface area contributed by atoms with Gasteiger partial charge in [-0.25, -0.2) is 0 Å². The van der Waals surface area contributed by atoms with Crippen molar-refractivity contribution in [1.82, 2.24) is 5.32 Å². The van der Waals surface area contributed by atoms with E-state index in [9.17, 15) is 26.3 Å². The van der Waals surface area contributed by atoms with Crippen molar-refractivity contribution >= 4 is 0 Å². The highest BCUT2D eigenvalue weighted by atomic mass is 19.4. The van der Waals surface area contributed by atoms with Crippen LogP contribution in [0.5, 0.6) is 0 Å². The summed E-state index contributed by atoms with van der Waals surface area (Å²) >= 11 is 0. The first kappa shape index (κ1) is 16.9. The summed E-state index contributed by atoms with van der Waals surface area (Å²) in [4.78, 5) is 0. The summed E-state index contributed by atoms with van der Waals surface area (Å²) in [5, 5.41) is 2.27. The summed E-state index contributed by atoms with van der Waals surface area (Å²) in [6, 6.07) is -0.718. The zero-order valence-corrected chi connectivity index (χ0v) is 11.1. The first-order valence-corrected chi connectivity index (χ1v) is 5.92. The Balaban J connectivity index is 3.32. The second-order valence-corrected chi connectivity index (χ2v) is 4.46. The number of rotatable bonds is 4. The summed E-state index contributed by atoms with van der Waals surface area (Å²) < 4.78 is 82.0. The lowest BCUT2D eigenvalue weighted by molar-refractivity contribution is -0.292. The zero-order chi connectivity index (χ0) is 15.7. The van der Waals surface area contributed by atoms with Gasteiger partial charge in [0.05, 0.1) is 6.04 Å². The number of hydrogen-bond acceptors (Lipinski definition) is 2. The topological polar surface area (TPSA) is 25.2 Å². The molecule has 116 valence electrons. The van der Waals surface area contributed by atoms with Gasteiger partial charge in [0.2, 0.25) is 0 Å². The Morgan fingerprint density at radius 3 is 1.90 bits per heavy atom. The average Bonchev–Trinajstić information content (AvgIpc) is 2.52. The second kappa shape index (κ2) is 5.67. The van der Waals surface area contributed by atoms with E-state index in [-0.39, 0.29) is 23.6 Å². The Morgan fingerprint density at radius 2 is 1.60 bits per heavy atom. The van der Waals surface area contributed by atoms with Crippen LogP contribution >= 0.6 is 0 Å². The van der Waals surface area contributed by atoms with Crippen molar-refractivity contribution in [3.8, 4) is 0 Å². The van der Waals surface area contributed by atoms with Crippen molar-refractivity contribution in [2.24, 2.45) is 5.92 Å². The van der Waals surface area contributed by atoms with Gasteiger partial charge in [-0.3, -0.25) is 0 Å². The standard InChI is InChI=1S/C12H15F6NO/c1-4-19-9(8-5-6(2)20-7(8)3)10(11(13,14)15)12(16,17)18/h5,9-10,19H,4H2,1-3H3. The van der Waals surface area contributed by atoms with Crippen molar-refractivity contribution in [3.05, 3.63) is 23.2 Å². The third-order valence-corrected chi connectivity index (χ3v) is 2.88. The molecule has 8 heteroatoms. The molecule has 0 saturated carbocycles. The molecular weight excluding hydrogens is 288 g/mol. The number of alkyl halides is 6. The Hall–Kier alpha value is -1.18. The number of halogens is 6. The molecule has 1 atom stereocenters. The van der Waals surface area contributed by atoms with Crippen LogP contribution < -0.4 is 5.32 Å². The van der Waals surface area contributed by atoms with Gasteiger partial charge < -0.3 is 9.73 Å². The molecule has 0 aliphatic rings. The van der Waals surface area contributed by atoms with Gasteiger partial charge in [-0.1, -0.05) is 6.92 Å². The minimum absolute atomic E-state index is 0.0308. The molecule has 0 saturated heterocycles. The summed E-state index contributed by atoms with van der Waals surface area (Å²) in [6.07, 6.45) is -10.8. The van der Waals surface area contributed by atoms with E-state index >= 15 is 0 Å². The summed E-state index contributed by atoms with van der Waals surface area (Å²) in [7, 11) is 0. The van der Waals surface area contributed by atoms with E-state index in [1.54, 1.807) is 0 Å². The molecule has 0 radical (unpaired) electrons. The lowest BCUT2D eigenvalue weighted by Crippen LogP contribution is -2.46. The molecule has 0 aliphatic heterocycles. The number of nitrogens with one attached hydrogen (secondary N) is 1. The van der Waals surface area contributed by atoms with Gasteiger partial charge in [0.1, 0.15) is 11.5 Å². The van der Waals surface area contributed by atoms with Gasteiger partial charge in [-0.15, -0.1) is 0 Å². The molecule has 1 aromatic heterocycles. The van der Waals surface area contributed by atoms with Gasteiger partial charge in [0.25, 0.3) is 0 Å². The van der Waals surface area contributed by atoms with E-state index in [2.05, 4.69) is 5.32 Å². The van der Waals surface area contributed by atoms with Crippen LogP contribution in [0.4, 0.5) is 26.3 Å². The molecule has 1 N–H and O–H groups in total. The van der Waals surface area contributed by atoms with E-state index < -0.39 is 24.3 Å². The molecule has 0 aromatic carbocycles. The highest BCUT2D eigenvalue weighted by molar-refractivity contribution is 5.25. The molecule has 0 aliphatic carbocycles. The largest absolute Gasteiger partial charge is 0.466 e. The molecule has 0 amide bonds. The smallest absolute Gasteiger partial charge is 0.402 e. The molecule has 1 rings (SSSR count). The van der Waals surface area contributed by atoms with Crippen LogP contribution in [0, 0.1) is 19.8 Å². The highest BCUT2D eigenvalue weighted by Crippen LogP contribution is 2.47. The Bertz CT molecular complexity index is 434. The predicted molar refractivity (Wildman–Crippen MR) is 60.2 cm³/mol. The Morgan fingerprint density at radius 1 is 1.10 bits per heavy atom. The SMILES string of the molecule is CCNC(c1cc(C)oc1C)C(C(F)(F)F)C(F)(F)F. The van der Waals surface area contributed by atoms with E-state index in [1.165, 1.54) is 26.8 Å². The predicted octanol–water partition coefficient (Wildman–Crippen LogP) is 4.29. The quantitative estimate of drug-likeness (QED) is 0.840. The molecular formula is C12H15F6NO. The van der Waals surface area contributed by atoms with E-state index in [4.69, 9.17) is 4.42 Å². The van der Waals surface area contributed by atoms with Crippen LogP contribution in [-0.2, 0) is 0 Å². The number of aryl methyl sites for hydroxylation is 2. The first-order valence-electron chi connectivity index (χ1n) is 5.92. The third kappa shape index (κ3) is 3.68. The van der Waals surface area contributed by atoms with Crippen LogP contribution in [0.1, 0.15) is 30.0 Å². The normalized spacial score (nSPS) is 14.9. The fraction of sp³-hybridized carbons (Fsp3) is 0.667. The average molecular weight is 303 g/mol. The second-order valence-electron chi connectivity index (χ2n) is 4.46. The van der Waals surface area contributed by atoms with Gasteiger partial charge in [-0.05, 0) is 26.5 Å². The van der Waals surface area contributed by atoms with Crippen LogP contribution in [0.15, 0.2) is 10.5 Å². The number of hydrogen-bond donors (Lipinski definition) is 1. The third-order valence-electron chi connectivity index (χ3n) is 2.88. The van der Waals surface area contributed by atoms with Gasteiger partial charge in [0, 0.05) is 5.56 Å². The monoisotopic (exact) mass is 303 g/mol. The van der Waals surface area contributed by atoms with Gasteiger partial charge in [0.15, 0.2) is 5.92 Å². The van der Waals surface area contributed by atoms with Gasteiger partial charge in [-0.2, -0.15) is 26.3 Å². The van der Waals surface area contributed by atoms with E-state index in [0.29, 0.717) is 0 Å². The van der Waals surface area contributed by atoms with Crippen LogP contribution in [0.3, 0.4) is 0 Å². The molecule has 1 aromatic rings. The maximum Gasteiger partial charge on any atom is 0.402 e. The minimum Gasteiger partial charge on any atom is -0.466 e. The van der Waals surface area contributed by atoms with Crippen molar-refractivity contribution in [2.75, 3.05) is 6.54 Å². The van der Waals surface area contributed by atoms with E-state index in [1.807, 2.05) is 0 Å². The summed E-state index contributed by atoms with van der Waals surface area (Å²) in [5.41, 5.74) is -0.121. The zero-order valence-electron chi connectivity index (χ0n) is 11.1. The molecule has 0 fully saturated rings. The van der Waals surface area contributed by atoms with Gasteiger partial charge >= 0.3 is 12.4 Å². The molecule has 20 heavy (non-hydrogen) atoms. The number of furan rings is 1. The Labute approximate surface area is 112 Å². The van der Waals surface area contributed by atoms with Crippen molar-refractivity contribution in [1.29, 1.82) is 0 Å². The lowest BCUT2D eigenvalue weighted by Gasteiger charge is -2.31. The van der Waals surface area contributed by atoms with Crippen LogP contribution in [0.2, 0.25) is 0 Å². The summed E-state index contributed by atoms with van der Waals surface area (Å²) in [6.45, 7) is 4.22. The molecule has 2 nitrogen and oxygen atoms in total. The fourth-order valence-electron chi connectivity index (χ4n) is 2.15. The summed E-state index contributed by atoms with van der Waals surface area (Å²) in [5.74, 6) is -3.17. The first-order chi connectivity index (χ1) is 8.98. The molecule has 0 bridgehead atoms. The Kier molecular flexibility index (Phi) is 4.78. The molecule has 0 spiro atoms. The fourth-order valence-corrected chi connectivity index (χ4v) is 2.15. The van der Waals surface area contributed by atoms with Crippen molar-refractivity contribution < 1.29 is 30.8 Å². The molecule has 1 unspecified atom stereocenters. The van der Waals surface area contributed by atoms with Crippen molar-refractivity contribution in [3.63, 3.8) is 0 Å². The highest BCUT2D eigenvalue weighted by Gasteiger charge is 2.60. The maximum absolute atomic E-state index is 12.8. The minimum atomic E-state index is -5.40. The van der Waals surface area contributed by atoms with E-state index in [0.717, 1.165) is 0 Å². The van der Waals surface area contributed by atoms with Crippen molar-refractivity contribution in [2.45, 2.75) is 39.2 Å². The van der Waals surface area contributed by atoms with Crippen LogP contribution in [0.25, 0.3) is 0 Å². The van der Waals surface area contributed by atoms with Crippen LogP contribution in [-0.4, -0.2) is 18.9 Å². The molecule has 1 heterocycles. The maximum atomic E-state index is 12.8.